The molecule has 29 heavy (non-hydrogen) atoms. The van der Waals surface area contributed by atoms with Crippen molar-refractivity contribution in [2.24, 2.45) is 5.10 Å². The van der Waals surface area contributed by atoms with E-state index in [4.69, 9.17) is 18.9 Å². The molecule has 1 N–H and O–H groups in total. The lowest BCUT2D eigenvalue weighted by Gasteiger charge is -2.13. The van der Waals surface area contributed by atoms with Gasteiger partial charge in [0.1, 0.15) is 0 Å². The lowest BCUT2D eigenvalue weighted by atomic mass is 10.1. The number of amides is 1. The molecular weight excluding hydrogens is 390 g/mol. The van der Waals surface area contributed by atoms with Crippen LogP contribution >= 0.6 is 0 Å². The SMILES string of the molecule is COc1cc(C=NNC(=O)c2cc(OC)c(OC)c(OC)c2)ccc1OC(F)F. The average molecular weight is 410 g/mol. The van der Waals surface area contributed by atoms with Gasteiger partial charge in [0.15, 0.2) is 23.0 Å². The number of hydrogen-bond acceptors (Lipinski definition) is 7. The van der Waals surface area contributed by atoms with E-state index in [1.54, 1.807) is 0 Å². The van der Waals surface area contributed by atoms with E-state index in [1.165, 1.54) is 65.0 Å². The second-order valence-electron chi connectivity index (χ2n) is 5.40. The molecule has 1 amide bonds. The molecule has 10 heteroatoms. The van der Waals surface area contributed by atoms with Crippen LogP contribution in [-0.4, -0.2) is 47.2 Å². The number of benzene rings is 2. The summed E-state index contributed by atoms with van der Waals surface area (Å²) < 4.78 is 49.7. The van der Waals surface area contributed by atoms with Crippen molar-refractivity contribution in [1.82, 2.24) is 5.43 Å². The van der Waals surface area contributed by atoms with E-state index in [1.807, 2.05) is 0 Å². The molecule has 0 aliphatic heterocycles. The number of alkyl halides is 2. The predicted molar refractivity (Wildman–Crippen MR) is 101 cm³/mol. The third kappa shape index (κ3) is 5.47. The molecular formula is C19H20F2N2O6. The van der Waals surface area contributed by atoms with Crippen LogP contribution in [0, 0.1) is 0 Å². The number of rotatable bonds is 9. The zero-order chi connectivity index (χ0) is 21.4. The summed E-state index contributed by atoms with van der Waals surface area (Å²) in [6.07, 6.45) is 1.32. The van der Waals surface area contributed by atoms with Gasteiger partial charge in [-0.2, -0.15) is 13.9 Å². The van der Waals surface area contributed by atoms with Gasteiger partial charge in [0.05, 0.1) is 34.7 Å². The summed E-state index contributed by atoms with van der Waals surface area (Å²) >= 11 is 0. The van der Waals surface area contributed by atoms with Gasteiger partial charge in [-0.1, -0.05) is 0 Å². The van der Waals surface area contributed by atoms with Gasteiger partial charge in [-0.3, -0.25) is 4.79 Å². The molecule has 0 aliphatic rings. The average Bonchev–Trinajstić information content (AvgIpc) is 2.72. The second-order valence-corrected chi connectivity index (χ2v) is 5.40. The van der Waals surface area contributed by atoms with Crippen molar-refractivity contribution in [3.8, 4) is 28.7 Å². The summed E-state index contributed by atoms with van der Waals surface area (Å²) in [5.74, 6) is 0.463. The Labute approximate surface area is 166 Å². The van der Waals surface area contributed by atoms with Crippen LogP contribution in [0.1, 0.15) is 15.9 Å². The summed E-state index contributed by atoms with van der Waals surface area (Å²) in [5, 5.41) is 3.86. The number of hydrogen-bond donors (Lipinski definition) is 1. The standard InChI is InChI=1S/C19H20F2N2O6/c1-25-14-7-11(5-6-13(14)29-19(20)21)10-22-23-18(24)12-8-15(26-2)17(28-4)16(9-12)27-3/h5-10,19H,1-4H3,(H,23,24). The topological polar surface area (TPSA) is 87.6 Å². The molecule has 2 aromatic rings. The first-order valence-corrected chi connectivity index (χ1v) is 8.19. The van der Waals surface area contributed by atoms with Gasteiger partial charge < -0.3 is 23.7 Å². The molecule has 8 nitrogen and oxygen atoms in total. The van der Waals surface area contributed by atoms with Crippen molar-refractivity contribution in [3.63, 3.8) is 0 Å². The van der Waals surface area contributed by atoms with Crippen LogP contribution in [-0.2, 0) is 0 Å². The maximum Gasteiger partial charge on any atom is 0.387 e. The highest BCUT2D eigenvalue weighted by atomic mass is 19.3. The molecule has 0 bridgehead atoms. The highest BCUT2D eigenvalue weighted by molar-refractivity contribution is 5.96. The number of methoxy groups -OCH3 is 4. The van der Waals surface area contributed by atoms with Crippen molar-refractivity contribution < 1.29 is 37.3 Å². The van der Waals surface area contributed by atoms with Gasteiger partial charge in [-0.25, -0.2) is 5.43 Å². The monoisotopic (exact) mass is 410 g/mol. The Bertz CT molecular complexity index is 864. The normalized spacial score (nSPS) is 10.7. The van der Waals surface area contributed by atoms with E-state index in [9.17, 15) is 13.6 Å². The molecule has 0 heterocycles. The maximum absolute atomic E-state index is 12.4. The van der Waals surface area contributed by atoms with Gasteiger partial charge >= 0.3 is 6.61 Å². The number of carbonyl (C=O) groups excluding carboxylic acids is 1. The molecule has 0 spiro atoms. The van der Waals surface area contributed by atoms with Crippen LogP contribution in [0.3, 0.4) is 0 Å². The van der Waals surface area contributed by atoms with Crippen molar-refractivity contribution >= 4 is 12.1 Å². The molecule has 2 aromatic carbocycles. The molecule has 0 radical (unpaired) electrons. The van der Waals surface area contributed by atoms with Crippen molar-refractivity contribution in [3.05, 3.63) is 41.5 Å². The van der Waals surface area contributed by atoms with Gasteiger partial charge in [-0.15, -0.1) is 0 Å². The van der Waals surface area contributed by atoms with Crippen LogP contribution in [0.15, 0.2) is 35.4 Å². The molecule has 0 unspecified atom stereocenters. The largest absolute Gasteiger partial charge is 0.493 e. The van der Waals surface area contributed by atoms with Crippen molar-refractivity contribution in [2.75, 3.05) is 28.4 Å². The highest BCUT2D eigenvalue weighted by Gasteiger charge is 2.16. The minimum Gasteiger partial charge on any atom is -0.493 e. The van der Waals surface area contributed by atoms with Crippen LogP contribution in [0.4, 0.5) is 8.78 Å². The second kappa shape index (κ2) is 10.1. The number of nitrogens with one attached hydrogen (secondary N) is 1. The zero-order valence-corrected chi connectivity index (χ0v) is 16.2. The third-order valence-electron chi connectivity index (χ3n) is 3.71. The van der Waals surface area contributed by atoms with Gasteiger partial charge in [-0.05, 0) is 35.9 Å². The molecule has 0 aliphatic carbocycles. The fourth-order valence-electron chi connectivity index (χ4n) is 2.40. The fraction of sp³-hybridized carbons (Fsp3) is 0.263. The smallest absolute Gasteiger partial charge is 0.387 e. The maximum atomic E-state index is 12.4. The summed E-state index contributed by atoms with van der Waals surface area (Å²) in [7, 11) is 5.65. The predicted octanol–water partition coefficient (Wildman–Crippen LogP) is 3.09. The summed E-state index contributed by atoms with van der Waals surface area (Å²) in [4.78, 5) is 12.4. The van der Waals surface area contributed by atoms with E-state index in [2.05, 4.69) is 15.3 Å². The molecule has 0 aromatic heterocycles. The van der Waals surface area contributed by atoms with Crippen molar-refractivity contribution in [1.29, 1.82) is 0 Å². The van der Waals surface area contributed by atoms with Crippen LogP contribution in [0.5, 0.6) is 28.7 Å². The first kappa shape index (κ1) is 21.7. The molecule has 0 fully saturated rings. The molecule has 0 saturated carbocycles. The number of halogens is 2. The van der Waals surface area contributed by atoms with E-state index in [0.717, 1.165) is 0 Å². The van der Waals surface area contributed by atoms with Crippen LogP contribution < -0.4 is 29.1 Å². The Morgan fingerprint density at radius 1 is 0.931 bits per heavy atom. The Morgan fingerprint density at radius 3 is 2.07 bits per heavy atom. The Kier molecular flexibility index (Phi) is 7.58. The van der Waals surface area contributed by atoms with E-state index >= 15 is 0 Å². The lowest BCUT2D eigenvalue weighted by Crippen LogP contribution is -2.18. The van der Waals surface area contributed by atoms with Crippen LogP contribution in [0.25, 0.3) is 0 Å². The third-order valence-corrected chi connectivity index (χ3v) is 3.71. The minimum absolute atomic E-state index is 0.102. The summed E-state index contributed by atoms with van der Waals surface area (Å²) in [6, 6.07) is 7.19. The zero-order valence-electron chi connectivity index (χ0n) is 16.2. The van der Waals surface area contributed by atoms with E-state index in [0.29, 0.717) is 22.8 Å². The van der Waals surface area contributed by atoms with Gasteiger partial charge in [0.25, 0.3) is 5.91 Å². The first-order chi connectivity index (χ1) is 13.9. The van der Waals surface area contributed by atoms with Crippen LogP contribution in [0.2, 0.25) is 0 Å². The Morgan fingerprint density at radius 2 is 1.55 bits per heavy atom. The minimum atomic E-state index is -2.97. The Hall–Kier alpha value is -3.56. The first-order valence-electron chi connectivity index (χ1n) is 8.19. The number of ether oxygens (including phenoxy) is 5. The molecule has 0 atom stereocenters. The van der Waals surface area contributed by atoms with E-state index in [-0.39, 0.29) is 17.1 Å². The lowest BCUT2D eigenvalue weighted by molar-refractivity contribution is -0.0512. The number of nitrogens with zero attached hydrogens (tertiary/aromatic N) is 1. The van der Waals surface area contributed by atoms with E-state index < -0.39 is 12.5 Å². The fourth-order valence-corrected chi connectivity index (χ4v) is 2.40. The molecule has 2 rings (SSSR count). The number of hydrazone groups is 1. The van der Waals surface area contributed by atoms with Crippen molar-refractivity contribution in [2.45, 2.75) is 6.61 Å². The summed E-state index contributed by atoms with van der Waals surface area (Å²) in [6.45, 7) is -2.97. The van der Waals surface area contributed by atoms with Gasteiger partial charge in [0, 0.05) is 5.56 Å². The number of carbonyl (C=O) groups is 1. The quantitative estimate of drug-likeness (QED) is 0.505. The summed E-state index contributed by atoms with van der Waals surface area (Å²) in [5.41, 5.74) is 3.08. The Balaban J connectivity index is 2.15. The molecule has 156 valence electrons. The van der Waals surface area contributed by atoms with Gasteiger partial charge in [0.2, 0.25) is 5.75 Å². The highest BCUT2D eigenvalue weighted by Crippen LogP contribution is 2.38. The molecule has 0 saturated heterocycles.